The van der Waals surface area contributed by atoms with Crippen LogP contribution in [-0.4, -0.2) is 7.11 Å². The molecule has 0 aliphatic rings. The predicted octanol–water partition coefficient (Wildman–Crippen LogP) is 4.48. The zero-order valence-corrected chi connectivity index (χ0v) is 13.3. The first-order valence-electron chi connectivity index (χ1n) is 6.83. The molecule has 0 spiro atoms. The van der Waals surface area contributed by atoms with E-state index in [2.05, 4.69) is 34.1 Å². The molecule has 0 saturated heterocycles. The molecule has 0 heterocycles. The summed E-state index contributed by atoms with van der Waals surface area (Å²) in [7, 11) is 1.71. The number of aryl methyl sites for hydroxylation is 1. The lowest BCUT2D eigenvalue weighted by atomic mass is 9.99. The Morgan fingerprint density at radius 3 is 2.60 bits per heavy atom. The van der Waals surface area contributed by atoms with Crippen LogP contribution in [-0.2, 0) is 6.42 Å². The number of hydrogen-bond donors (Lipinski definition) is 1. The molecule has 2 rings (SSSR count). The molecule has 106 valence electrons. The van der Waals surface area contributed by atoms with Crippen LogP contribution in [0.4, 0.5) is 0 Å². The maximum absolute atomic E-state index is 6.22. The van der Waals surface area contributed by atoms with Crippen molar-refractivity contribution in [3.8, 4) is 5.75 Å². The monoisotopic (exact) mass is 333 g/mol. The Labute approximate surface area is 129 Å². The fourth-order valence-corrected chi connectivity index (χ4v) is 2.73. The van der Waals surface area contributed by atoms with E-state index in [-0.39, 0.29) is 6.04 Å². The summed E-state index contributed by atoms with van der Waals surface area (Å²) < 4.78 is 6.47. The SMILES string of the molecule is COc1ccc(Br)cc1CCCC(N)c1ccccc1. The minimum absolute atomic E-state index is 0.106. The van der Waals surface area contributed by atoms with Gasteiger partial charge < -0.3 is 10.5 Å². The van der Waals surface area contributed by atoms with Crippen LogP contribution >= 0.6 is 15.9 Å². The van der Waals surface area contributed by atoms with E-state index in [0.717, 1.165) is 29.5 Å². The lowest BCUT2D eigenvalue weighted by Crippen LogP contribution is -2.10. The summed E-state index contributed by atoms with van der Waals surface area (Å²) in [5.41, 5.74) is 8.65. The molecular formula is C17H20BrNO. The molecule has 0 aliphatic heterocycles. The average molecular weight is 334 g/mol. The first kappa shape index (κ1) is 15.1. The second-order valence-corrected chi connectivity index (χ2v) is 5.78. The molecule has 1 unspecified atom stereocenters. The lowest BCUT2D eigenvalue weighted by molar-refractivity contribution is 0.408. The van der Waals surface area contributed by atoms with Gasteiger partial charge in [-0.05, 0) is 48.6 Å². The van der Waals surface area contributed by atoms with Crippen LogP contribution in [0.2, 0.25) is 0 Å². The molecule has 0 radical (unpaired) electrons. The van der Waals surface area contributed by atoms with Gasteiger partial charge in [0.2, 0.25) is 0 Å². The van der Waals surface area contributed by atoms with Crippen molar-refractivity contribution < 1.29 is 4.74 Å². The fourth-order valence-electron chi connectivity index (χ4n) is 2.32. The van der Waals surface area contributed by atoms with E-state index in [1.165, 1.54) is 11.1 Å². The Balaban J connectivity index is 1.91. The first-order chi connectivity index (χ1) is 9.70. The van der Waals surface area contributed by atoms with Gasteiger partial charge in [0.1, 0.15) is 5.75 Å². The van der Waals surface area contributed by atoms with E-state index in [1.54, 1.807) is 7.11 Å². The van der Waals surface area contributed by atoms with Crippen molar-refractivity contribution in [2.24, 2.45) is 5.73 Å². The molecule has 0 aromatic heterocycles. The average Bonchev–Trinajstić information content (AvgIpc) is 2.48. The van der Waals surface area contributed by atoms with Gasteiger partial charge >= 0.3 is 0 Å². The summed E-state index contributed by atoms with van der Waals surface area (Å²) >= 11 is 3.50. The predicted molar refractivity (Wildman–Crippen MR) is 87.0 cm³/mol. The van der Waals surface area contributed by atoms with E-state index in [1.807, 2.05) is 30.3 Å². The molecule has 0 bridgehead atoms. The summed E-state index contributed by atoms with van der Waals surface area (Å²) in [6.45, 7) is 0. The largest absolute Gasteiger partial charge is 0.496 e. The van der Waals surface area contributed by atoms with E-state index in [0.29, 0.717) is 0 Å². The zero-order chi connectivity index (χ0) is 14.4. The van der Waals surface area contributed by atoms with Crippen LogP contribution in [0.3, 0.4) is 0 Å². The molecule has 20 heavy (non-hydrogen) atoms. The molecule has 0 saturated carbocycles. The summed E-state index contributed by atoms with van der Waals surface area (Å²) in [4.78, 5) is 0. The normalized spacial score (nSPS) is 12.2. The highest BCUT2D eigenvalue weighted by Gasteiger charge is 2.07. The highest BCUT2D eigenvalue weighted by Crippen LogP contribution is 2.25. The van der Waals surface area contributed by atoms with Gasteiger partial charge in [-0.15, -0.1) is 0 Å². The lowest BCUT2D eigenvalue weighted by Gasteiger charge is -2.13. The third kappa shape index (κ3) is 4.09. The minimum Gasteiger partial charge on any atom is -0.496 e. The molecular weight excluding hydrogens is 314 g/mol. The smallest absolute Gasteiger partial charge is 0.122 e. The molecule has 2 N–H and O–H groups in total. The van der Waals surface area contributed by atoms with Crippen LogP contribution in [0.15, 0.2) is 53.0 Å². The van der Waals surface area contributed by atoms with E-state index < -0.39 is 0 Å². The Morgan fingerprint density at radius 2 is 1.90 bits per heavy atom. The van der Waals surface area contributed by atoms with Crippen molar-refractivity contribution in [2.45, 2.75) is 25.3 Å². The number of hydrogen-bond acceptors (Lipinski definition) is 2. The molecule has 1 atom stereocenters. The van der Waals surface area contributed by atoms with Gasteiger partial charge in [0.05, 0.1) is 7.11 Å². The standard InChI is InChI=1S/C17H20BrNO/c1-20-17-11-10-15(18)12-14(17)8-5-9-16(19)13-6-3-2-4-7-13/h2-4,6-7,10-12,16H,5,8-9,19H2,1H3. The van der Waals surface area contributed by atoms with Gasteiger partial charge in [-0.1, -0.05) is 46.3 Å². The molecule has 2 aromatic carbocycles. The topological polar surface area (TPSA) is 35.2 Å². The second-order valence-electron chi connectivity index (χ2n) is 4.87. The number of benzene rings is 2. The summed E-state index contributed by atoms with van der Waals surface area (Å²) in [6.07, 6.45) is 2.99. The minimum atomic E-state index is 0.106. The third-order valence-electron chi connectivity index (χ3n) is 3.43. The first-order valence-corrected chi connectivity index (χ1v) is 7.63. The van der Waals surface area contributed by atoms with Gasteiger partial charge in [-0.25, -0.2) is 0 Å². The quantitative estimate of drug-likeness (QED) is 0.845. The van der Waals surface area contributed by atoms with E-state index in [4.69, 9.17) is 10.5 Å². The van der Waals surface area contributed by atoms with Crippen molar-refractivity contribution in [1.82, 2.24) is 0 Å². The Hall–Kier alpha value is -1.32. The third-order valence-corrected chi connectivity index (χ3v) is 3.92. The van der Waals surface area contributed by atoms with Crippen LogP contribution < -0.4 is 10.5 Å². The molecule has 0 fully saturated rings. The molecule has 0 amide bonds. The number of nitrogens with two attached hydrogens (primary N) is 1. The summed E-state index contributed by atoms with van der Waals surface area (Å²) in [6, 6.07) is 16.5. The van der Waals surface area contributed by atoms with Crippen molar-refractivity contribution >= 4 is 15.9 Å². The fraction of sp³-hybridized carbons (Fsp3) is 0.294. The van der Waals surface area contributed by atoms with Crippen molar-refractivity contribution in [3.63, 3.8) is 0 Å². The number of methoxy groups -OCH3 is 1. The molecule has 2 aromatic rings. The highest BCUT2D eigenvalue weighted by molar-refractivity contribution is 9.10. The number of halogens is 1. The molecule has 2 nitrogen and oxygen atoms in total. The van der Waals surface area contributed by atoms with Crippen molar-refractivity contribution in [1.29, 1.82) is 0 Å². The van der Waals surface area contributed by atoms with Gasteiger partial charge in [-0.3, -0.25) is 0 Å². The number of rotatable bonds is 6. The number of ether oxygens (including phenoxy) is 1. The van der Waals surface area contributed by atoms with Crippen molar-refractivity contribution in [2.75, 3.05) is 7.11 Å². The Kier molecular flexibility index (Phi) is 5.62. The maximum atomic E-state index is 6.22. The van der Waals surface area contributed by atoms with Gasteiger partial charge in [0.15, 0.2) is 0 Å². The Bertz CT molecular complexity index is 542. The molecule has 0 aliphatic carbocycles. The zero-order valence-electron chi connectivity index (χ0n) is 11.7. The van der Waals surface area contributed by atoms with Crippen LogP contribution in [0.1, 0.15) is 30.0 Å². The van der Waals surface area contributed by atoms with Crippen LogP contribution in [0, 0.1) is 0 Å². The van der Waals surface area contributed by atoms with E-state index in [9.17, 15) is 0 Å². The highest BCUT2D eigenvalue weighted by atomic mass is 79.9. The summed E-state index contributed by atoms with van der Waals surface area (Å²) in [5.74, 6) is 0.946. The van der Waals surface area contributed by atoms with Gasteiger partial charge in [-0.2, -0.15) is 0 Å². The Morgan fingerprint density at radius 1 is 1.15 bits per heavy atom. The van der Waals surface area contributed by atoms with Gasteiger partial charge in [0, 0.05) is 10.5 Å². The van der Waals surface area contributed by atoms with Crippen LogP contribution in [0.5, 0.6) is 5.75 Å². The van der Waals surface area contributed by atoms with Crippen LogP contribution in [0.25, 0.3) is 0 Å². The maximum Gasteiger partial charge on any atom is 0.122 e. The van der Waals surface area contributed by atoms with E-state index >= 15 is 0 Å². The van der Waals surface area contributed by atoms with Gasteiger partial charge in [0.25, 0.3) is 0 Å². The van der Waals surface area contributed by atoms with Crippen molar-refractivity contribution in [3.05, 3.63) is 64.1 Å². The molecule has 3 heteroatoms. The second kappa shape index (κ2) is 7.46. The summed E-state index contributed by atoms with van der Waals surface area (Å²) in [5, 5.41) is 0.